The maximum Gasteiger partial charge on any atom is 0.163 e. The Morgan fingerprint density at radius 3 is 2.62 bits per heavy atom. The fourth-order valence-electron chi connectivity index (χ4n) is 3.78. The van der Waals surface area contributed by atoms with Crippen molar-refractivity contribution in [2.45, 2.75) is 25.3 Å². The highest BCUT2D eigenvalue weighted by Gasteiger charge is 2.39. The van der Waals surface area contributed by atoms with Crippen molar-refractivity contribution in [3.8, 4) is 23.0 Å². The number of nitrogens with zero attached hydrogens (tertiary/aromatic N) is 1. The van der Waals surface area contributed by atoms with Gasteiger partial charge in [0.15, 0.2) is 17.3 Å². The summed E-state index contributed by atoms with van der Waals surface area (Å²) >= 11 is 0. The Bertz CT molecular complexity index is 1340. The Balaban J connectivity index is 1.49. The van der Waals surface area contributed by atoms with E-state index < -0.39 is 0 Å². The monoisotopic (exact) mass is 428 g/mol. The molecule has 0 amide bonds. The number of methoxy groups -OCH3 is 1. The molecular formula is C26H24N2O4. The number of nitrogens with two attached hydrogens (primary N) is 1. The second kappa shape index (κ2) is 7.80. The molecule has 1 heterocycles. The molecule has 0 unspecified atom stereocenters. The van der Waals surface area contributed by atoms with Gasteiger partial charge in [0.05, 0.1) is 18.2 Å². The molecule has 32 heavy (non-hydrogen) atoms. The molecule has 0 radical (unpaired) electrons. The molecule has 1 saturated carbocycles. The highest BCUT2D eigenvalue weighted by atomic mass is 16.5. The molecule has 2 N–H and O–H groups in total. The summed E-state index contributed by atoms with van der Waals surface area (Å²) < 4.78 is 17.7. The first-order valence-corrected chi connectivity index (χ1v) is 10.6. The Kier molecular flexibility index (Phi) is 4.94. The Morgan fingerprint density at radius 2 is 1.88 bits per heavy atom. The number of Topliss-reactive ketones (excluding diaryl/α,β-unsaturated/α-hetero) is 1. The van der Waals surface area contributed by atoms with Gasteiger partial charge in [-0.1, -0.05) is 18.2 Å². The lowest BCUT2D eigenvalue weighted by atomic mass is 10.0. The number of benzene rings is 3. The van der Waals surface area contributed by atoms with Crippen LogP contribution < -0.4 is 19.9 Å². The van der Waals surface area contributed by atoms with Crippen molar-refractivity contribution in [1.29, 1.82) is 0 Å². The summed E-state index contributed by atoms with van der Waals surface area (Å²) in [6.45, 7) is 2.02. The van der Waals surface area contributed by atoms with Crippen molar-refractivity contribution in [2.24, 2.45) is 5.73 Å². The molecule has 1 aliphatic carbocycles. The molecule has 5 rings (SSSR count). The Hall–Kier alpha value is -3.64. The molecule has 0 spiro atoms. The van der Waals surface area contributed by atoms with Crippen LogP contribution in [0, 0.1) is 0 Å². The molecule has 0 bridgehead atoms. The minimum absolute atomic E-state index is 0.0387. The number of hydrogen-bond acceptors (Lipinski definition) is 6. The first kappa shape index (κ1) is 20.3. The normalized spacial score (nSPS) is 14.3. The predicted octanol–water partition coefficient (Wildman–Crippen LogP) is 5.26. The number of pyridine rings is 1. The smallest absolute Gasteiger partial charge is 0.163 e. The number of carbonyl (C=O) groups excluding carboxylic acids is 1. The number of rotatable bonds is 7. The van der Waals surface area contributed by atoms with Gasteiger partial charge in [0, 0.05) is 23.2 Å². The molecule has 0 aliphatic heterocycles. The van der Waals surface area contributed by atoms with Crippen LogP contribution >= 0.6 is 0 Å². The lowest BCUT2D eigenvalue weighted by Gasteiger charge is -2.16. The van der Waals surface area contributed by atoms with E-state index in [1.807, 2.05) is 54.6 Å². The molecule has 162 valence electrons. The van der Waals surface area contributed by atoms with Gasteiger partial charge in [-0.2, -0.15) is 0 Å². The lowest BCUT2D eigenvalue weighted by Crippen LogP contribution is -2.29. The summed E-state index contributed by atoms with van der Waals surface area (Å²) in [6, 6.07) is 16.9. The van der Waals surface area contributed by atoms with Gasteiger partial charge in [0.2, 0.25) is 0 Å². The highest BCUT2D eigenvalue weighted by Crippen LogP contribution is 2.39. The van der Waals surface area contributed by atoms with Crippen LogP contribution in [0.3, 0.4) is 0 Å². The fraction of sp³-hybridized carbons (Fsp3) is 0.231. The second-order valence-electron chi connectivity index (χ2n) is 8.33. The summed E-state index contributed by atoms with van der Waals surface area (Å²) in [5.74, 6) is 2.58. The fourth-order valence-corrected chi connectivity index (χ4v) is 3.78. The van der Waals surface area contributed by atoms with E-state index in [-0.39, 0.29) is 11.3 Å². The molecule has 6 nitrogen and oxygen atoms in total. The highest BCUT2D eigenvalue weighted by molar-refractivity contribution is 6.07. The zero-order valence-electron chi connectivity index (χ0n) is 18.1. The summed E-state index contributed by atoms with van der Waals surface area (Å²) in [5, 5.41) is 2.66. The molecular weight excluding hydrogens is 404 g/mol. The van der Waals surface area contributed by atoms with Crippen molar-refractivity contribution >= 4 is 27.5 Å². The van der Waals surface area contributed by atoms with E-state index in [2.05, 4.69) is 4.98 Å². The van der Waals surface area contributed by atoms with Crippen LogP contribution in [0.15, 0.2) is 60.8 Å². The molecule has 3 aromatic carbocycles. The van der Waals surface area contributed by atoms with Gasteiger partial charge in [-0.25, -0.2) is 0 Å². The molecule has 6 heteroatoms. The van der Waals surface area contributed by atoms with E-state index >= 15 is 0 Å². The third-order valence-electron chi connectivity index (χ3n) is 5.85. The third-order valence-corrected chi connectivity index (χ3v) is 5.85. The summed E-state index contributed by atoms with van der Waals surface area (Å²) in [4.78, 5) is 16.4. The largest absolute Gasteiger partial charge is 0.493 e. The third kappa shape index (κ3) is 3.85. The first-order valence-electron chi connectivity index (χ1n) is 10.6. The number of ketones is 1. The van der Waals surface area contributed by atoms with Crippen LogP contribution in [0.5, 0.6) is 23.0 Å². The van der Waals surface area contributed by atoms with E-state index in [0.29, 0.717) is 35.2 Å². The van der Waals surface area contributed by atoms with E-state index in [4.69, 9.17) is 19.9 Å². The first-order chi connectivity index (χ1) is 15.5. The van der Waals surface area contributed by atoms with Gasteiger partial charge in [-0.3, -0.25) is 9.78 Å². The summed E-state index contributed by atoms with van der Waals surface area (Å²) in [5.41, 5.74) is 7.36. The zero-order valence-corrected chi connectivity index (χ0v) is 18.1. The van der Waals surface area contributed by atoms with E-state index in [1.165, 1.54) is 0 Å². The molecule has 1 aliphatic rings. The average Bonchev–Trinajstić information content (AvgIpc) is 3.54. The summed E-state index contributed by atoms with van der Waals surface area (Å²) in [7, 11) is 1.61. The SMILES string of the molecule is COc1cc2c(Oc3ccc4c(C(C)=O)cccc4c3)ccnc2cc1OCC1(N)CC1. The molecule has 1 fully saturated rings. The van der Waals surface area contributed by atoms with Gasteiger partial charge < -0.3 is 19.9 Å². The van der Waals surface area contributed by atoms with Gasteiger partial charge in [0.25, 0.3) is 0 Å². The standard InChI is InChI=1S/C26H24N2O4/c1-16(29)19-5-3-4-17-12-18(6-7-20(17)19)32-23-8-11-28-22-14-25(24(30-2)13-21(22)23)31-15-26(27)9-10-26/h3-8,11-14H,9-10,15,27H2,1-2H3. The number of fused-ring (bicyclic) bond motifs is 2. The average molecular weight is 428 g/mol. The van der Waals surface area contributed by atoms with Crippen LogP contribution in [-0.4, -0.2) is 30.0 Å². The maximum absolute atomic E-state index is 11.9. The van der Waals surface area contributed by atoms with Crippen LogP contribution in [-0.2, 0) is 0 Å². The van der Waals surface area contributed by atoms with Crippen molar-refractivity contribution in [3.63, 3.8) is 0 Å². The van der Waals surface area contributed by atoms with Crippen molar-refractivity contribution in [2.75, 3.05) is 13.7 Å². The van der Waals surface area contributed by atoms with E-state index in [9.17, 15) is 4.79 Å². The van der Waals surface area contributed by atoms with E-state index in [0.717, 1.165) is 34.5 Å². The quantitative estimate of drug-likeness (QED) is 0.404. The number of hydrogen-bond donors (Lipinski definition) is 1. The minimum Gasteiger partial charge on any atom is -0.493 e. The van der Waals surface area contributed by atoms with Crippen molar-refractivity contribution in [3.05, 3.63) is 66.4 Å². The summed E-state index contributed by atoms with van der Waals surface area (Å²) in [6.07, 6.45) is 3.64. The van der Waals surface area contributed by atoms with Crippen molar-refractivity contribution < 1.29 is 19.0 Å². The zero-order chi connectivity index (χ0) is 22.3. The molecule has 4 aromatic rings. The molecule has 1 aromatic heterocycles. The topological polar surface area (TPSA) is 83.7 Å². The van der Waals surface area contributed by atoms with Crippen LogP contribution in [0.25, 0.3) is 21.7 Å². The van der Waals surface area contributed by atoms with Crippen LogP contribution in [0.1, 0.15) is 30.1 Å². The number of ether oxygens (including phenoxy) is 3. The molecule has 0 atom stereocenters. The Labute approximate surface area is 185 Å². The van der Waals surface area contributed by atoms with Crippen LogP contribution in [0.2, 0.25) is 0 Å². The maximum atomic E-state index is 11.9. The minimum atomic E-state index is -0.226. The lowest BCUT2D eigenvalue weighted by molar-refractivity contribution is 0.101. The molecule has 0 saturated heterocycles. The second-order valence-corrected chi connectivity index (χ2v) is 8.33. The Morgan fingerprint density at radius 1 is 1.03 bits per heavy atom. The van der Waals surface area contributed by atoms with Gasteiger partial charge in [-0.15, -0.1) is 0 Å². The van der Waals surface area contributed by atoms with Gasteiger partial charge >= 0.3 is 0 Å². The van der Waals surface area contributed by atoms with Crippen LogP contribution in [0.4, 0.5) is 0 Å². The van der Waals surface area contributed by atoms with E-state index in [1.54, 1.807) is 20.2 Å². The predicted molar refractivity (Wildman–Crippen MR) is 124 cm³/mol. The van der Waals surface area contributed by atoms with Gasteiger partial charge in [0.1, 0.15) is 18.1 Å². The van der Waals surface area contributed by atoms with Crippen molar-refractivity contribution in [1.82, 2.24) is 4.98 Å². The number of carbonyl (C=O) groups is 1. The van der Waals surface area contributed by atoms with Gasteiger partial charge in [-0.05, 0) is 60.9 Å². The number of aromatic nitrogens is 1.